The van der Waals surface area contributed by atoms with Gasteiger partial charge >= 0.3 is 6.09 Å². The molecular weight excluding hydrogens is 419 g/mol. The third kappa shape index (κ3) is 4.51. The van der Waals surface area contributed by atoms with E-state index in [-0.39, 0.29) is 21.4 Å². The van der Waals surface area contributed by atoms with Gasteiger partial charge in [-0.05, 0) is 13.0 Å². The number of aromatic nitrogens is 3. The second-order valence-electron chi connectivity index (χ2n) is 6.83. The summed E-state index contributed by atoms with van der Waals surface area (Å²) in [5.41, 5.74) is 4.75. The summed E-state index contributed by atoms with van der Waals surface area (Å²) < 4.78 is 5.20. The average molecular weight is 439 g/mol. The lowest BCUT2D eigenvalue weighted by Gasteiger charge is -2.38. The van der Waals surface area contributed by atoms with Gasteiger partial charge < -0.3 is 20.7 Å². The number of rotatable bonds is 5. The molecule has 154 valence electrons. The van der Waals surface area contributed by atoms with Crippen LogP contribution in [0.2, 0.25) is 10.2 Å². The third-order valence-corrected chi connectivity index (χ3v) is 5.44. The van der Waals surface area contributed by atoms with Crippen molar-refractivity contribution in [3.8, 4) is 0 Å². The predicted octanol–water partition coefficient (Wildman–Crippen LogP) is 2.91. The summed E-state index contributed by atoms with van der Waals surface area (Å²) in [5.74, 6) is 0.469. The van der Waals surface area contributed by atoms with E-state index in [9.17, 15) is 9.59 Å². The number of nitrogens with two attached hydrogens (primary N) is 1. The molecule has 3 rings (SSSR count). The largest absolute Gasteiger partial charge is 0.443 e. The highest BCUT2D eigenvalue weighted by Crippen LogP contribution is 2.30. The van der Waals surface area contributed by atoms with Crippen LogP contribution in [0.25, 0.3) is 0 Å². The number of anilines is 2. The first-order valence-electron chi connectivity index (χ1n) is 8.87. The molecule has 0 aliphatic carbocycles. The van der Waals surface area contributed by atoms with Crippen molar-refractivity contribution in [1.29, 1.82) is 0 Å². The van der Waals surface area contributed by atoms with Crippen LogP contribution in [-0.2, 0) is 4.74 Å². The Kier molecular flexibility index (Phi) is 6.09. The number of ketones is 1. The quantitative estimate of drug-likeness (QED) is 0.682. The predicted molar refractivity (Wildman–Crippen MR) is 110 cm³/mol. The van der Waals surface area contributed by atoms with Crippen LogP contribution in [0.15, 0.2) is 18.5 Å². The van der Waals surface area contributed by atoms with Crippen molar-refractivity contribution in [2.24, 2.45) is 5.73 Å². The maximum Gasteiger partial charge on any atom is 0.405 e. The van der Waals surface area contributed by atoms with E-state index < -0.39 is 17.5 Å². The van der Waals surface area contributed by atoms with Crippen molar-refractivity contribution >= 4 is 46.7 Å². The van der Waals surface area contributed by atoms with Crippen molar-refractivity contribution < 1.29 is 14.3 Å². The van der Waals surface area contributed by atoms with E-state index in [0.29, 0.717) is 37.6 Å². The number of carbonyl (C=O) groups excluding carboxylic acids is 2. The van der Waals surface area contributed by atoms with E-state index in [4.69, 9.17) is 33.7 Å². The molecule has 0 atom stereocenters. The van der Waals surface area contributed by atoms with Crippen molar-refractivity contribution in [1.82, 2.24) is 15.0 Å². The van der Waals surface area contributed by atoms with E-state index >= 15 is 0 Å². The van der Waals surface area contributed by atoms with Gasteiger partial charge in [0.2, 0.25) is 5.78 Å². The van der Waals surface area contributed by atoms with Crippen LogP contribution in [0.4, 0.5) is 16.4 Å². The number of hydrogen-bond donors (Lipinski definition) is 2. The third-order valence-electron chi connectivity index (χ3n) is 4.80. The SMILES string of the molecule is CNc1nccc(C(=O)c2ncc(N3CCC(C)(OC(N)=O)CC3)nc2Cl)c1Cl. The molecule has 3 heterocycles. The number of halogens is 2. The first-order valence-corrected chi connectivity index (χ1v) is 9.62. The molecule has 2 aromatic rings. The zero-order valence-electron chi connectivity index (χ0n) is 15.9. The van der Waals surface area contributed by atoms with Crippen molar-refractivity contribution in [2.75, 3.05) is 30.4 Å². The summed E-state index contributed by atoms with van der Waals surface area (Å²) in [5, 5.41) is 2.98. The standard InChI is InChI=1S/C18H20Cl2N6O3/c1-18(29-17(21)28)4-7-26(8-5-18)11-9-24-13(15(20)25-11)14(27)10-3-6-23-16(22-2)12(10)19/h3,6,9H,4-5,7-8H2,1-2H3,(H2,21,28)(H,22,23). The number of piperidine rings is 1. The lowest BCUT2D eigenvalue weighted by atomic mass is 9.93. The van der Waals surface area contributed by atoms with Crippen molar-refractivity contribution in [2.45, 2.75) is 25.4 Å². The van der Waals surface area contributed by atoms with Crippen molar-refractivity contribution in [3.05, 3.63) is 39.9 Å². The number of carbonyl (C=O) groups is 2. The molecule has 1 amide bonds. The van der Waals surface area contributed by atoms with Gasteiger partial charge in [0.25, 0.3) is 0 Å². The minimum atomic E-state index is -0.789. The second-order valence-corrected chi connectivity index (χ2v) is 7.56. The Bertz CT molecular complexity index is 947. The molecule has 0 saturated carbocycles. The molecule has 9 nitrogen and oxygen atoms in total. The van der Waals surface area contributed by atoms with E-state index in [1.165, 1.54) is 18.5 Å². The Labute approximate surface area is 177 Å². The Balaban J connectivity index is 1.78. The Morgan fingerprint density at radius 3 is 2.55 bits per heavy atom. The molecule has 11 heteroatoms. The minimum Gasteiger partial charge on any atom is -0.443 e. The van der Waals surface area contributed by atoms with Crippen LogP contribution in [0, 0.1) is 0 Å². The number of pyridine rings is 1. The topological polar surface area (TPSA) is 123 Å². The summed E-state index contributed by atoms with van der Waals surface area (Å²) in [6, 6.07) is 1.50. The van der Waals surface area contributed by atoms with Crippen LogP contribution in [-0.4, -0.2) is 52.6 Å². The number of hydrogen-bond acceptors (Lipinski definition) is 8. The molecule has 1 fully saturated rings. The second kappa shape index (κ2) is 8.38. The van der Waals surface area contributed by atoms with Gasteiger partial charge in [-0.3, -0.25) is 4.79 Å². The first-order chi connectivity index (χ1) is 13.7. The van der Waals surface area contributed by atoms with E-state index in [1.807, 2.05) is 11.8 Å². The molecule has 0 unspecified atom stereocenters. The number of nitrogens with one attached hydrogen (secondary N) is 1. The molecule has 1 aliphatic heterocycles. The van der Waals surface area contributed by atoms with Crippen LogP contribution in [0.3, 0.4) is 0 Å². The summed E-state index contributed by atoms with van der Waals surface area (Å²) >= 11 is 12.5. The van der Waals surface area contributed by atoms with E-state index in [0.717, 1.165) is 0 Å². The van der Waals surface area contributed by atoms with Crippen molar-refractivity contribution in [3.63, 3.8) is 0 Å². The maximum atomic E-state index is 12.8. The van der Waals surface area contributed by atoms with Crippen LogP contribution >= 0.6 is 23.2 Å². The van der Waals surface area contributed by atoms with Gasteiger partial charge in [0.1, 0.15) is 22.9 Å². The minimum absolute atomic E-state index is 0.00415. The van der Waals surface area contributed by atoms with E-state index in [2.05, 4.69) is 20.3 Å². The van der Waals surface area contributed by atoms with Crippen LogP contribution < -0.4 is 16.0 Å². The maximum absolute atomic E-state index is 12.8. The highest BCUT2D eigenvalue weighted by Gasteiger charge is 2.34. The van der Waals surface area contributed by atoms with Gasteiger partial charge in [-0.2, -0.15) is 0 Å². The monoisotopic (exact) mass is 438 g/mol. The molecule has 0 radical (unpaired) electrons. The highest BCUT2D eigenvalue weighted by molar-refractivity contribution is 6.38. The summed E-state index contributed by atoms with van der Waals surface area (Å²) in [6.45, 7) is 2.99. The molecule has 0 spiro atoms. The number of amides is 1. The van der Waals surface area contributed by atoms with Gasteiger partial charge in [0.15, 0.2) is 5.15 Å². The van der Waals surface area contributed by atoms with Gasteiger partial charge in [0.05, 0.1) is 11.2 Å². The average Bonchev–Trinajstić information content (AvgIpc) is 2.67. The lowest BCUT2D eigenvalue weighted by molar-refractivity contribution is 0.0126. The molecular formula is C18H20Cl2N6O3. The Hall–Kier alpha value is -2.65. The van der Waals surface area contributed by atoms with Crippen LogP contribution in [0.5, 0.6) is 0 Å². The van der Waals surface area contributed by atoms with Gasteiger partial charge in [0, 0.05) is 44.7 Å². The Morgan fingerprint density at radius 1 is 1.28 bits per heavy atom. The number of nitrogens with zero attached hydrogens (tertiary/aromatic N) is 4. The molecule has 0 bridgehead atoms. The summed E-state index contributed by atoms with van der Waals surface area (Å²) in [4.78, 5) is 38.4. The zero-order chi connectivity index (χ0) is 21.2. The smallest absolute Gasteiger partial charge is 0.405 e. The fourth-order valence-corrected chi connectivity index (χ4v) is 3.65. The fourth-order valence-electron chi connectivity index (χ4n) is 3.14. The van der Waals surface area contributed by atoms with E-state index in [1.54, 1.807) is 7.05 Å². The summed E-state index contributed by atoms with van der Waals surface area (Å²) in [6.07, 6.45) is 3.33. The number of primary amides is 1. The zero-order valence-corrected chi connectivity index (χ0v) is 17.4. The number of ether oxygens (including phenoxy) is 1. The molecule has 0 aromatic carbocycles. The molecule has 2 aromatic heterocycles. The highest BCUT2D eigenvalue weighted by atomic mass is 35.5. The first kappa shape index (κ1) is 21.1. The normalized spacial score (nSPS) is 15.7. The van der Waals surface area contributed by atoms with Crippen LogP contribution in [0.1, 0.15) is 35.8 Å². The molecule has 1 aliphatic rings. The molecule has 3 N–H and O–H groups in total. The Morgan fingerprint density at radius 2 is 1.97 bits per heavy atom. The van der Waals surface area contributed by atoms with Gasteiger partial charge in [-0.25, -0.2) is 19.7 Å². The van der Waals surface area contributed by atoms with Gasteiger partial charge in [-0.1, -0.05) is 23.2 Å². The fraction of sp³-hybridized carbons (Fsp3) is 0.389. The molecule has 29 heavy (non-hydrogen) atoms. The van der Waals surface area contributed by atoms with Gasteiger partial charge in [-0.15, -0.1) is 0 Å². The lowest BCUT2D eigenvalue weighted by Crippen LogP contribution is -2.46. The summed E-state index contributed by atoms with van der Waals surface area (Å²) in [7, 11) is 1.65. The molecule has 1 saturated heterocycles.